The third-order valence-corrected chi connectivity index (χ3v) is 6.88. The van der Waals surface area contributed by atoms with Crippen LogP contribution in [0.5, 0.6) is 0 Å². The van der Waals surface area contributed by atoms with Gasteiger partial charge in [0.05, 0.1) is 33.9 Å². The van der Waals surface area contributed by atoms with Crippen LogP contribution in [-0.4, -0.2) is 30.0 Å². The lowest BCUT2D eigenvalue weighted by Crippen LogP contribution is -2.29. The van der Waals surface area contributed by atoms with Crippen LogP contribution in [0.1, 0.15) is 35.0 Å². The van der Waals surface area contributed by atoms with Gasteiger partial charge in [-0.25, -0.2) is 4.79 Å². The number of rotatable bonds is 9. The van der Waals surface area contributed by atoms with Gasteiger partial charge in [-0.05, 0) is 37.4 Å². The summed E-state index contributed by atoms with van der Waals surface area (Å²) in [7, 11) is 0. The van der Waals surface area contributed by atoms with Gasteiger partial charge in [-0.1, -0.05) is 42.6 Å². The zero-order valence-electron chi connectivity index (χ0n) is 18.7. The standard InChI is InChI=1S/C25H23N3O4S2/c1-4-10-32-25(31)22-15(2)27-24(19(13-26)23(22)20-9-6-11-33-20)34-14-21(30)28-18-8-5-7-17(12-18)16(3)29/h4-9,11-12,23,27H,1,10,14H2,2-3H3,(H,28,30)/t23-/m1/s1. The van der Waals surface area contributed by atoms with E-state index in [0.717, 1.165) is 4.88 Å². The van der Waals surface area contributed by atoms with Gasteiger partial charge in [0.15, 0.2) is 5.78 Å². The second kappa shape index (κ2) is 11.5. The number of nitriles is 1. The summed E-state index contributed by atoms with van der Waals surface area (Å²) in [5, 5.41) is 18.3. The number of carbonyl (C=O) groups is 3. The van der Waals surface area contributed by atoms with Crippen LogP contribution in [0.3, 0.4) is 0 Å². The number of hydrogen-bond acceptors (Lipinski definition) is 8. The Hall–Kier alpha value is -3.61. The van der Waals surface area contributed by atoms with E-state index in [-0.39, 0.29) is 24.1 Å². The molecule has 1 aromatic carbocycles. The highest BCUT2D eigenvalue weighted by Crippen LogP contribution is 2.42. The average Bonchev–Trinajstić information content (AvgIpc) is 3.35. The second-order valence-corrected chi connectivity index (χ2v) is 9.29. The number of carbonyl (C=O) groups excluding carboxylic acids is 3. The minimum atomic E-state index is -0.596. The van der Waals surface area contributed by atoms with Crippen LogP contribution in [0.25, 0.3) is 0 Å². The smallest absolute Gasteiger partial charge is 0.337 e. The Labute approximate surface area is 206 Å². The molecule has 1 aliphatic heterocycles. The molecule has 3 rings (SSSR count). The lowest BCUT2D eigenvalue weighted by molar-refractivity contribution is -0.138. The second-order valence-electron chi connectivity index (χ2n) is 7.33. The predicted octanol–water partition coefficient (Wildman–Crippen LogP) is 4.75. The maximum Gasteiger partial charge on any atom is 0.337 e. The Bertz CT molecular complexity index is 1220. The Balaban J connectivity index is 1.82. The molecule has 2 heterocycles. The zero-order chi connectivity index (χ0) is 24.7. The molecule has 34 heavy (non-hydrogen) atoms. The molecule has 0 saturated carbocycles. The fourth-order valence-electron chi connectivity index (χ4n) is 3.40. The molecule has 1 amide bonds. The Kier molecular flexibility index (Phi) is 8.46. The summed E-state index contributed by atoms with van der Waals surface area (Å²) in [5.41, 5.74) is 2.28. The van der Waals surface area contributed by atoms with Crippen molar-refractivity contribution in [3.05, 3.63) is 86.7 Å². The van der Waals surface area contributed by atoms with Gasteiger partial charge in [0.2, 0.25) is 5.91 Å². The number of dihydropyridines is 1. The van der Waals surface area contributed by atoms with Gasteiger partial charge >= 0.3 is 5.97 Å². The van der Waals surface area contributed by atoms with E-state index < -0.39 is 11.9 Å². The van der Waals surface area contributed by atoms with Crippen molar-refractivity contribution in [3.8, 4) is 6.07 Å². The molecule has 174 valence electrons. The predicted molar refractivity (Wildman–Crippen MR) is 134 cm³/mol. The summed E-state index contributed by atoms with van der Waals surface area (Å²) in [4.78, 5) is 37.8. The molecule has 0 fully saturated rings. The van der Waals surface area contributed by atoms with Crippen LogP contribution >= 0.6 is 23.1 Å². The number of nitrogens with one attached hydrogen (secondary N) is 2. The summed E-state index contributed by atoms with van der Waals surface area (Å²) in [6.07, 6.45) is 1.48. The average molecular weight is 494 g/mol. The largest absolute Gasteiger partial charge is 0.458 e. The summed E-state index contributed by atoms with van der Waals surface area (Å²) < 4.78 is 5.27. The molecule has 1 aliphatic rings. The Morgan fingerprint density at radius 3 is 2.76 bits per heavy atom. The van der Waals surface area contributed by atoms with Gasteiger partial charge in [-0.15, -0.1) is 11.3 Å². The molecule has 1 aromatic heterocycles. The van der Waals surface area contributed by atoms with E-state index >= 15 is 0 Å². The number of benzene rings is 1. The molecular weight excluding hydrogens is 470 g/mol. The zero-order valence-corrected chi connectivity index (χ0v) is 20.3. The van der Waals surface area contributed by atoms with Gasteiger partial charge < -0.3 is 15.4 Å². The van der Waals surface area contributed by atoms with Crippen LogP contribution < -0.4 is 10.6 Å². The number of amides is 1. The molecule has 9 heteroatoms. The van der Waals surface area contributed by atoms with E-state index in [9.17, 15) is 19.6 Å². The molecule has 2 N–H and O–H groups in total. The van der Waals surface area contributed by atoms with Gasteiger partial charge in [0.25, 0.3) is 0 Å². The van der Waals surface area contributed by atoms with Crippen molar-refractivity contribution in [2.75, 3.05) is 17.7 Å². The number of thioether (sulfide) groups is 1. The van der Waals surface area contributed by atoms with Gasteiger partial charge in [0, 0.05) is 21.8 Å². The van der Waals surface area contributed by atoms with Crippen molar-refractivity contribution >= 4 is 46.4 Å². The lowest BCUT2D eigenvalue weighted by atomic mass is 9.87. The van der Waals surface area contributed by atoms with Crippen molar-refractivity contribution in [3.63, 3.8) is 0 Å². The third kappa shape index (κ3) is 5.84. The number of nitrogens with zero attached hydrogens (tertiary/aromatic N) is 1. The summed E-state index contributed by atoms with van der Waals surface area (Å²) >= 11 is 2.61. The van der Waals surface area contributed by atoms with Crippen LogP contribution in [0.4, 0.5) is 5.69 Å². The van der Waals surface area contributed by atoms with E-state index in [2.05, 4.69) is 23.3 Å². The Morgan fingerprint density at radius 2 is 2.12 bits per heavy atom. The Morgan fingerprint density at radius 1 is 1.32 bits per heavy atom. The molecular formula is C25H23N3O4S2. The number of Topliss-reactive ketones (excluding diaryl/α,β-unsaturated/α-hetero) is 1. The maximum atomic E-state index is 12.8. The summed E-state index contributed by atoms with van der Waals surface area (Å²) in [5.74, 6) is -1.48. The maximum absolute atomic E-state index is 12.8. The monoisotopic (exact) mass is 493 g/mol. The number of anilines is 1. The van der Waals surface area contributed by atoms with Crippen molar-refractivity contribution in [1.82, 2.24) is 5.32 Å². The highest BCUT2D eigenvalue weighted by Gasteiger charge is 2.36. The first-order chi connectivity index (χ1) is 16.3. The number of allylic oxidation sites excluding steroid dienone is 2. The molecule has 7 nitrogen and oxygen atoms in total. The topological polar surface area (TPSA) is 108 Å². The normalized spacial score (nSPS) is 15.3. The minimum Gasteiger partial charge on any atom is -0.458 e. The van der Waals surface area contributed by atoms with E-state index in [1.807, 2.05) is 17.5 Å². The molecule has 0 saturated heterocycles. The first kappa shape index (κ1) is 25.0. The van der Waals surface area contributed by atoms with Gasteiger partial charge in [-0.2, -0.15) is 5.26 Å². The minimum absolute atomic E-state index is 0.0263. The van der Waals surface area contributed by atoms with Gasteiger partial charge in [-0.3, -0.25) is 9.59 Å². The third-order valence-electron chi connectivity index (χ3n) is 4.93. The highest BCUT2D eigenvalue weighted by atomic mass is 32.2. The lowest BCUT2D eigenvalue weighted by Gasteiger charge is -2.28. The van der Waals surface area contributed by atoms with E-state index in [1.165, 1.54) is 36.1 Å². The number of ether oxygens (including phenoxy) is 1. The summed E-state index contributed by atoms with van der Waals surface area (Å²) in [6.45, 7) is 6.83. The highest BCUT2D eigenvalue weighted by molar-refractivity contribution is 8.03. The van der Waals surface area contributed by atoms with Crippen LogP contribution in [-0.2, 0) is 14.3 Å². The SMILES string of the molecule is C=CCOC(=O)C1=C(C)NC(SCC(=O)Nc2cccc(C(C)=O)c2)=C(C#N)[C@@H]1c1cccs1. The molecule has 2 aromatic rings. The fraction of sp³-hybridized carbons (Fsp3) is 0.200. The van der Waals surface area contributed by atoms with Crippen LogP contribution in [0, 0.1) is 11.3 Å². The van der Waals surface area contributed by atoms with E-state index in [4.69, 9.17) is 4.74 Å². The molecule has 0 bridgehead atoms. The van der Waals surface area contributed by atoms with E-state index in [1.54, 1.807) is 31.2 Å². The first-order valence-corrected chi connectivity index (χ1v) is 12.2. The molecule has 1 atom stereocenters. The van der Waals surface area contributed by atoms with Crippen molar-refractivity contribution < 1.29 is 19.1 Å². The summed E-state index contributed by atoms with van der Waals surface area (Å²) in [6, 6.07) is 12.6. The van der Waals surface area contributed by atoms with Crippen molar-refractivity contribution in [2.24, 2.45) is 0 Å². The number of esters is 1. The van der Waals surface area contributed by atoms with Crippen LogP contribution in [0.15, 0.2) is 76.3 Å². The van der Waals surface area contributed by atoms with Crippen molar-refractivity contribution in [1.29, 1.82) is 5.26 Å². The van der Waals surface area contributed by atoms with E-state index in [0.29, 0.717) is 33.1 Å². The number of hydrogen-bond donors (Lipinski definition) is 2. The number of thiophene rings is 1. The molecule has 0 radical (unpaired) electrons. The number of ketones is 1. The van der Waals surface area contributed by atoms with Crippen molar-refractivity contribution in [2.45, 2.75) is 19.8 Å². The van der Waals surface area contributed by atoms with Gasteiger partial charge in [0.1, 0.15) is 6.61 Å². The quantitative estimate of drug-likeness (QED) is 0.295. The fourth-order valence-corrected chi connectivity index (χ4v) is 5.14. The molecule has 0 aliphatic carbocycles. The molecule has 0 unspecified atom stereocenters. The molecule has 0 spiro atoms. The van der Waals surface area contributed by atoms with Crippen LogP contribution in [0.2, 0.25) is 0 Å². The first-order valence-electron chi connectivity index (χ1n) is 10.3.